The van der Waals surface area contributed by atoms with E-state index in [0.29, 0.717) is 0 Å². The summed E-state index contributed by atoms with van der Waals surface area (Å²) in [7, 11) is 0. The predicted octanol–water partition coefficient (Wildman–Crippen LogP) is 3.53. The minimum atomic E-state index is -0.221. The summed E-state index contributed by atoms with van der Waals surface area (Å²) in [6, 6.07) is 9.77. The number of carbonyl (C=O) groups excluding carboxylic acids is 2. The van der Waals surface area contributed by atoms with Crippen LogP contribution < -0.4 is 0 Å². The summed E-state index contributed by atoms with van der Waals surface area (Å²) in [5.41, 5.74) is 1.06. The highest BCUT2D eigenvalue weighted by atomic mass is 16.1. The summed E-state index contributed by atoms with van der Waals surface area (Å²) in [5.74, 6) is -0.432. The quantitative estimate of drug-likeness (QED) is 0.422. The molecule has 0 aliphatic rings. The zero-order valence-electron chi connectivity index (χ0n) is 10.7. The molecule has 2 nitrogen and oxygen atoms in total. The molecule has 19 heavy (non-hydrogen) atoms. The van der Waals surface area contributed by atoms with E-state index in [1.165, 1.54) is 24.3 Å². The van der Waals surface area contributed by atoms with Crippen LogP contribution in [0.1, 0.15) is 12.0 Å². The van der Waals surface area contributed by atoms with E-state index in [9.17, 15) is 9.59 Å². The maximum absolute atomic E-state index is 11.4. The predicted molar refractivity (Wildman–Crippen MR) is 78.6 cm³/mol. The van der Waals surface area contributed by atoms with Crippen LogP contribution in [0.2, 0.25) is 0 Å². The first-order valence-corrected chi connectivity index (χ1v) is 5.97. The van der Waals surface area contributed by atoms with E-state index < -0.39 is 0 Å². The summed E-state index contributed by atoms with van der Waals surface area (Å²) in [6.07, 6.45) is 11.0. The van der Waals surface area contributed by atoms with Crippen molar-refractivity contribution in [2.24, 2.45) is 0 Å². The Labute approximate surface area is 113 Å². The minimum absolute atomic E-state index is 0.111. The molecule has 0 saturated carbocycles. The minimum Gasteiger partial charge on any atom is -0.294 e. The number of ketones is 2. The molecule has 96 valence electrons. The first-order valence-electron chi connectivity index (χ1n) is 5.97. The number of benzene rings is 1. The molecule has 0 N–H and O–H groups in total. The summed E-state index contributed by atoms with van der Waals surface area (Å²) in [6.45, 7) is 3.45. The molecule has 0 aliphatic carbocycles. The Bertz CT molecular complexity index is 519. The third-order valence-corrected chi connectivity index (χ3v) is 2.25. The lowest BCUT2D eigenvalue weighted by Gasteiger charge is -1.90. The Morgan fingerprint density at radius 1 is 0.947 bits per heavy atom. The fourth-order valence-corrected chi connectivity index (χ4v) is 1.36. The number of allylic oxidation sites excluding steroid dienone is 6. The molecule has 2 heteroatoms. The molecule has 0 saturated heterocycles. The smallest absolute Gasteiger partial charge is 0.163 e. The van der Waals surface area contributed by atoms with Crippen LogP contribution in [0.3, 0.4) is 0 Å². The molecule has 1 aromatic carbocycles. The molecule has 0 unspecified atom stereocenters. The van der Waals surface area contributed by atoms with Crippen molar-refractivity contribution in [1.29, 1.82) is 0 Å². The zero-order valence-corrected chi connectivity index (χ0v) is 10.7. The Hall–Kier alpha value is -2.48. The molecule has 0 amide bonds. The van der Waals surface area contributed by atoms with Crippen molar-refractivity contribution in [3.8, 4) is 0 Å². The molecule has 0 aromatic heterocycles. The summed E-state index contributed by atoms with van der Waals surface area (Å²) in [4.78, 5) is 22.7. The SMILES string of the molecule is C=C/C=C/C(=O)CC(=O)/C=C/C=C/c1ccccc1. The van der Waals surface area contributed by atoms with Gasteiger partial charge in [-0.2, -0.15) is 0 Å². The average Bonchev–Trinajstić information content (AvgIpc) is 2.42. The average molecular weight is 252 g/mol. The summed E-state index contributed by atoms with van der Waals surface area (Å²) >= 11 is 0. The third-order valence-electron chi connectivity index (χ3n) is 2.25. The fourth-order valence-electron chi connectivity index (χ4n) is 1.36. The van der Waals surface area contributed by atoms with Crippen molar-refractivity contribution < 1.29 is 9.59 Å². The van der Waals surface area contributed by atoms with Gasteiger partial charge in [0, 0.05) is 0 Å². The molecule has 0 fully saturated rings. The van der Waals surface area contributed by atoms with Crippen molar-refractivity contribution >= 4 is 17.6 Å². The van der Waals surface area contributed by atoms with Gasteiger partial charge in [-0.3, -0.25) is 9.59 Å². The van der Waals surface area contributed by atoms with Crippen molar-refractivity contribution in [2.45, 2.75) is 6.42 Å². The number of hydrogen-bond donors (Lipinski definition) is 0. The zero-order chi connectivity index (χ0) is 13.9. The van der Waals surface area contributed by atoms with Crippen molar-refractivity contribution in [3.05, 3.63) is 78.9 Å². The number of carbonyl (C=O) groups is 2. The lowest BCUT2D eigenvalue weighted by Crippen LogP contribution is -2.01. The second-order valence-corrected chi connectivity index (χ2v) is 3.83. The Morgan fingerprint density at radius 2 is 1.58 bits per heavy atom. The van der Waals surface area contributed by atoms with Gasteiger partial charge in [0.25, 0.3) is 0 Å². The highest BCUT2D eigenvalue weighted by molar-refractivity contribution is 6.08. The first-order chi connectivity index (χ1) is 9.22. The van der Waals surface area contributed by atoms with E-state index in [4.69, 9.17) is 0 Å². The number of hydrogen-bond acceptors (Lipinski definition) is 2. The van der Waals surface area contributed by atoms with E-state index >= 15 is 0 Å². The Morgan fingerprint density at radius 3 is 2.21 bits per heavy atom. The van der Waals surface area contributed by atoms with E-state index in [-0.39, 0.29) is 18.0 Å². The van der Waals surface area contributed by atoms with Gasteiger partial charge in [0.1, 0.15) is 0 Å². The van der Waals surface area contributed by atoms with Gasteiger partial charge in [0.2, 0.25) is 0 Å². The normalized spacial score (nSPS) is 11.4. The maximum atomic E-state index is 11.4. The van der Waals surface area contributed by atoms with Gasteiger partial charge in [0.15, 0.2) is 11.6 Å². The van der Waals surface area contributed by atoms with E-state index in [2.05, 4.69) is 6.58 Å². The lowest BCUT2D eigenvalue weighted by atomic mass is 10.1. The van der Waals surface area contributed by atoms with Crippen LogP contribution in [0.25, 0.3) is 6.08 Å². The van der Waals surface area contributed by atoms with Crippen molar-refractivity contribution in [1.82, 2.24) is 0 Å². The van der Waals surface area contributed by atoms with Crippen LogP contribution in [0.5, 0.6) is 0 Å². The second-order valence-electron chi connectivity index (χ2n) is 3.83. The lowest BCUT2D eigenvalue weighted by molar-refractivity contribution is -0.121. The molecule has 0 bridgehead atoms. The van der Waals surface area contributed by atoms with Gasteiger partial charge in [-0.15, -0.1) is 0 Å². The van der Waals surface area contributed by atoms with Crippen LogP contribution in [0.4, 0.5) is 0 Å². The van der Waals surface area contributed by atoms with Gasteiger partial charge < -0.3 is 0 Å². The molecule has 0 aliphatic heterocycles. The topological polar surface area (TPSA) is 34.1 Å². The van der Waals surface area contributed by atoms with Gasteiger partial charge >= 0.3 is 0 Å². The van der Waals surface area contributed by atoms with Crippen LogP contribution in [-0.2, 0) is 9.59 Å². The Balaban J connectivity index is 2.42. The van der Waals surface area contributed by atoms with E-state index in [1.54, 1.807) is 12.2 Å². The standard InChI is InChI=1S/C17H16O2/c1-2-3-12-16(18)14-17(19)13-8-7-11-15-9-5-4-6-10-15/h2-13H,1,14H2/b11-7+,12-3+,13-8+. The van der Waals surface area contributed by atoms with Gasteiger partial charge in [-0.05, 0) is 17.7 Å². The molecule has 0 radical (unpaired) electrons. The second kappa shape index (κ2) is 8.59. The first kappa shape index (κ1) is 14.6. The molecule has 0 atom stereocenters. The van der Waals surface area contributed by atoms with Gasteiger partial charge in [-0.25, -0.2) is 0 Å². The van der Waals surface area contributed by atoms with Gasteiger partial charge in [-0.1, -0.05) is 67.3 Å². The number of rotatable bonds is 7. The highest BCUT2D eigenvalue weighted by Gasteiger charge is 2.01. The fraction of sp³-hybridized carbons (Fsp3) is 0.0588. The van der Waals surface area contributed by atoms with Crippen molar-refractivity contribution in [2.75, 3.05) is 0 Å². The maximum Gasteiger partial charge on any atom is 0.163 e. The molecule has 0 spiro atoms. The van der Waals surface area contributed by atoms with Crippen molar-refractivity contribution in [3.63, 3.8) is 0 Å². The summed E-state index contributed by atoms with van der Waals surface area (Å²) in [5, 5.41) is 0. The van der Waals surface area contributed by atoms with Crippen LogP contribution in [0, 0.1) is 0 Å². The molecule has 0 heterocycles. The molecule has 1 rings (SSSR count). The van der Waals surface area contributed by atoms with Crippen LogP contribution in [0.15, 0.2) is 73.4 Å². The summed E-state index contributed by atoms with van der Waals surface area (Å²) < 4.78 is 0. The third kappa shape index (κ3) is 6.74. The molecular formula is C17H16O2. The van der Waals surface area contributed by atoms with Crippen LogP contribution in [-0.4, -0.2) is 11.6 Å². The molecular weight excluding hydrogens is 236 g/mol. The van der Waals surface area contributed by atoms with Crippen LogP contribution >= 0.6 is 0 Å². The van der Waals surface area contributed by atoms with E-state index in [0.717, 1.165) is 5.56 Å². The van der Waals surface area contributed by atoms with E-state index in [1.807, 2.05) is 36.4 Å². The highest BCUT2D eigenvalue weighted by Crippen LogP contribution is 2.01. The largest absolute Gasteiger partial charge is 0.294 e. The Kier molecular flexibility index (Phi) is 6.59. The monoisotopic (exact) mass is 252 g/mol. The van der Waals surface area contributed by atoms with Gasteiger partial charge in [0.05, 0.1) is 6.42 Å². The molecule has 1 aromatic rings.